The summed E-state index contributed by atoms with van der Waals surface area (Å²) in [6, 6.07) is 0. The maximum atomic E-state index is 5.53. The molecule has 0 rings (SSSR count). The summed E-state index contributed by atoms with van der Waals surface area (Å²) < 4.78 is 0. The quantitative estimate of drug-likeness (QED) is 0.316. The van der Waals surface area contributed by atoms with Crippen LogP contribution in [0.2, 0.25) is 0 Å². The first kappa shape index (κ1) is 10.0. The Balaban J connectivity index is 2.77. The number of allylic oxidation sites excluding steroid dienone is 2. The fraction of sp³-hybridized carbons (Fsp3) is 0.778. The van der Waals surface area contributed by atoms with Gasteiger partial charge in [-0.1, -0.05) is 25.0 Å². The second-order valence-corrected chi connectivity index (χ2v) is 2.84. The van der Waals surface area contributed by atoms with Gasteiger partial charge in [-0.05, 0) is 26.2 Å². The molecule has 0 saturated heterocycles. The molecule has 0 spiro atoms. The molecule has 10 heavy (non-hydrogen) atoms. The van der Waals surface area contributed by atoms with E-state index in [-0.39, 0.29) is 0 Å². The van der Waals surface area contributed by atoms with Crippen LogP contribution in [0.4, 0.5) is 0 Å². The van der Waals surface area contributed by atoms with Crippen LogP contribution in [0.1, 0.15) is 39.0 Å². The monoisotopic (exact) mass is 160 g/mol. The summed E-state index contributed by atoms with van der Waals surface area (Å²) in [7, 11) is 0. The molecule has 1 heteroatoms. The summed E-state index contributed by atoms with van der Waals surface area (Å²) in [5, 5.41) is 0. The average Bonchev–Trinajstić information content (AvgIpc) is 1.97. The number of alkyl halides is 1. The van der Waals surface area contributed by atoms with Gasteiger partial charge in [0.1, 0.15) is 0 Å². The summed E-state index contributed by atoms with van der Waals surface area (Å²) in [4.78, 5) is 0. The van der Waals surface area contributed by atoms with E-state index in [1.54, 1.807) is 0 Å². The fourth-order valence-corrected chi connectivity index (χ4v) is 1.07. The van der Waals surface area contributed by atoms with Gasteiger partial charge in [0.15, 0.2) is 0 Å². The highest BCUT2D eigenvalue weighted by Crippen LogP contribution is 2.03. The lowest BCUT2D eigenvalue weighted by molar-refractivity contribution is 0.676. The molecule has 60 valence electrons. The second kappa shape index (κ2) is 9.03. The van der Waals surface area contributed by atoms with Crippen molar-refractivity contribution in [2.24, 2.45) is 0 Å². The van der Waals surface area contributed by atoms with Crippen molar-refractivity contribution in [3.8, 4) is 0 Å². The van der Waals surface area contributed by atoms with Gasteiger partial charge in [0.05, 0.1) is 0 Å². The van der Waals surface area contributed by atoms with Crippen molar-refractivity contribution in [2.75, 3.05) is 5.88 Å². The molecule has 0 aromatic rings. The third-order valence-corrected chi connectivity index (χ3v) is 1.76. The predicted octanol–water partition coefficient (Wildman–Crippen LogP) is 3.75. The Labute approximate surface area is 69.3 Å². The molecule has 0 atom stereocenters. The standard InChI is InChI=1S/C9H17Cl/c1-2-3-4-5-6-7-8-9-10/h2-3H,4-9H2,1H3. The van der Waals surface area contributed by atoms with Gasteiger partial charge in [-0.3, -0.25) is 0 Å². The third-order valence-electron chi connectivity index (χ3n) is 1.49. The minimum atomic E-state index is 0.823. The van der Waals surface area contributed by atoms with Crippen LogP contribution in [-0.2, 0) is 0 Å². The molecule has 0 saturated carbocycles. The van der Waals surface area contributed by atoms with Crippen molar-refractivity contribution < 1.29 is 0 Å². The van der Waals surface area contributed by atoms with Gasteiger partial charge in [-0.15, -0.1) is 11.6 Å². The first-order valence-corrected chi connectivity index (χ1v) is 4.62. The molecule has 0 heterocycles. The van der Waals surface area contributed by atoms with E-state index >= 15 is 0 Å². The number of unbranched alkanes of at least 4 members (excludes halogenated alkanes) is 4. The minimum absolute atomic E-state index is 0.823. The van der Waals surface area contributed by atoms with Crippen LogP contribution in [0.5, 0.6) is 0 Å². The largest absolute Gasteiger partial charge is 0.127 e. The van der Waals surface area contributed by atoms with Crippen LogP contribution < -0.4 is 0 Å². The van der Waals surface area contributed by atoms with E-state index in [0.717, 1.165) is 5.88 Å². The highest BCUT2D eigenvalue weighted by molar-refractivity contribution is 6.17. The molecule has 0 aliphatic heterocycles. The second-order valence-electron chi connectivity index (χ2n) is 2.46. The van der Waals surface area contributed by atoms with Crippen LogP contribution in [0.15, 0.2) is 12.2 Å². The van der Waals surface area contributed by atoms with Crippen molar-refractivity contribution in [1.82, 2.24) is 0 Å². The predicted molar refractivity (Wildman–Crippen MR) is 48.6 cm³/mol. The topological polar surface area (TPSA) is 0 Å². The van der Waals surface area contributed by atoms with Gasteiger partial charge in [0, 0.05) is 5.88 Å². The minimum Gasteiger partial charge on any atom is -0.127 e. The fourth-order valence-electron chi connectivity index (χ4n) is 0.877. The normalized spacial score (nSPS) is 11.0. The van der Waals surface area contributed by atoms with Crippen molar-refractivity contribution >= 4 is 11.6 Å². The van der Waals surface area contributed by atoms with E-state index in [0.29, 0.717) is 0 Å². The number of hydrogen-bond donors (Lipinski definition) is 0. The summed E-state index contributed by atoms with van der Waals surface area (Å²) in [6.45, 7) is 2.07. The van der Waals surface area contributed by atoms with Crippen LogP contribution >= 0.6 is 11.6 Å². The molecule has 0 aliphatic rings. The summed E-state index contributed by atoms with van der Waals surface area (Å²) in [6.07, 6.45) is 10.7. The highest BCUT2D eigenvalue weighted by Gasteiger charge is 1.85. The maximum Gasteiger partial charge on any atom is 0.0223 e. The van der Waals surface area contributed by atoms with E-state index in [9.17, 15) is 0 Å². The summed E-state index contributed by atoms with van der Waals surface area (Å²) in [5.41, 5.74) is 0. The van der Waals surface area contributed by atoms with Crippen molar-refractivity contribution in [2.45, 2.75) is 39.0 Å². The molecule has 0 N–H and O–H groups in total. The van der Waals surface area contributed by atoms with Gasteiger partial charge < -0.3 is 0 Å². The Morgan fingerprint density at radius 2 is 1.80 bits per heavy atom. The SMILES string of the molecule is CC=CCCCCCCCl. The van der Waals surface area contributed by atoms with Crippen LogP contribution in [-0.4, -0.2) is 5.88 Å². The van der Waals surface area contributed by atoms with Crippen LogP contribution in [0.3, 0.4) is 0 Å². The zero-order chi connectivity index (χ0) is 7.66. The molecular weight excluding hydrogens is 144 g/mol. The van der Waals surface area contributed by atoms with Crippen LogP contribution in [0.25, 0.3) is 0 Å². The van der Waals surface area contributed by atoms with Gasteiger partial charge in [-0.2, -0.15) is 0 Å². The number of rotatable bonds is 6. The molecule has 0 nitrogen and oxygen atoms in total. The van der Waals surface area contributed by atoms with Gasteiger partial charge in [0.2, 0.25) is 0 Å². The van der Waals surface area contributed by atoms with Gasteiger partial charge in [0.25, 0.3) is 0 Å². The molecule has 0 aromatic heterocycles. The first-order chi connectivity index (χ1) is 4.91. The van der Waals surface area contributed by atoms with Crippen molar-refractivity contribution in [3.05, 3.63) is 12.2 Å². The lowest BCUT2D eigenvalue weighted by atomic mass is 10.1. The molecule has 0 bridgehead atoms. The molecule has 0 fully saturated rings. The molecular formula is C9H17Cl. The Morgan fingerprint density at radius 1 is 1.10 bits per heavy atom. The zero-order valence-electron chi connectivity index (χ0n) is 6.78. The molecule has 0 amide bonds. The molecule has 0 aromatic carbocycles. The Morgan fingerprint density at radius 3 is 2.40 bits per heavy atom. The Hall–Kier alpha value is 0.0300. The van der Waals surface area contributed by atoms with E-state index < -0.39 is 0 Å². The van der Waals surface area contributed by atoms with E-state index in [1.807, 2.05) is 0 Å². The lowest BCUT2D eigenvalue weighted by Gasteiger charge is -1.94. The Bertz CT molecular complexity index is 76.8. The molecule has 0 radical (unpaired) electrons. The van der Waals surface area contributed by atoms with E-state index in [1.165, 1.54) is 32.1 Å². The lowest BCUT2D eigenvalue weighted by Crippen LogP contribution is -1.77. The van der Waals surface area contributed by atoms with E-state index in [4.69, 9.17) is 11.6 Å². The maximum absolute atomic E-state index is 5.53. The van der Waals surface area contributed by atoms with Crippen molar-refractivity contribution in [1.29, 1.82) is 0 Å². The zero-order valence-corrected chi connectivity index (χ0v) is 7.53. The van der Waals surface area contributed by atoms with Gasteiger partial charge >= 0.3 is 0 Å². The molecule has 0 unspecified atom stereocenters. The smallest absolute Gasteiger partial charge is 0.0223 e. The highest BCUT2D eigenvalue weighted by atomic mass is 35.5. The van der Waals surface area contributed by atoms with Gasteiger partial charge in [-0.25, -0.2) is 0 Å². The third kappa shape index (κ3) is 8.03. The summed E-state index contributed by atoms with van der Waals surface area (Å²) >= 11 is 5.53. The first-order valence-electron chi connectivity index (χ1n) is 4.09. The van der Waals surface area contributed by atoms with E-state index in [2.05, 4.69) is 19.1 Å². The summed E-state index contributed by atoms with van der Waals surface area (Å²) in [5.74, 6) is 0.823. The number of halogens is 1. The average molecular weight is 161 g/mol. The number of hydrogen-bond acceptors (Lipinski definition) is 0. The van der Waals surface area contributed by atoms with Crippen molar-refractivity contribution in [3.63, 3.8) is 0 Å². The Kier molecular flexibility index (Phi) is 9.06. The molecule has 0 aliphatic carbocycles. The van der Waals surface area contributed by atoms with Crippen LogP contribution in [0, 0.1) is 0 Å².